The van der Waals surface area contributed by atoms with Gasteiger partial charge in [0, 0.05) is 0 Å². The molecule has 0 aliphatic carbocycles. The molecule has 3 nitrogen and oxygen atoms in total. The molecule has 0 aliphatic rings. The Kier molecular flexibility index (Phi) is 3.05. The van der Waals surface area contributed by atoms with Crippen LogP contribution in [0.1, 0.15) is 15.9 Å². The SMILES string of the molecule is COC(=O)c1cc(C#N)cc(F)c1Cl. The summed E-state index contributed by atoms with van der Waals surface area (Å²) in [6.45, 7) is 0. The van der Waals surface area contributed by atoms with E-state index in [4.69, 9.17) is 16.9 Å². The minimum atomic E-state index is -0.814. The first-order valence-corrected chi connectivity index (χ1v) is 3.95. The summed E-state index contributed by atoms with van der Waals surface area (Å²) in [4.78, 5) is 11.1. The highest BCUT2D eigenvalue weighted by atomic mass is 35.5. The molecule has 1 rings (SSSR count). The van der Waals surface area contributed by atoms with E-state index in [-0.39, 0.29) is 16.1 Å². The third kappa shape index (κ3) is 1.83. The Labute approximate surface area is 84.7 Å². The zero-order valence-electron chi connectivity index (χ0n) is 7.17. The van der Waals surface area contributed by atoms with Crippen LogP contribution in [0.5, 0.6) is 0 Å². The molecule has 14 heavy (non-hydrogen) atoms. The van der Waals surface area contributed by atoms with Gasteiger partial charge in [0.1, 0.15) is 5.82 Å². The number of nitrogens with zero attached hydrogens (tertiary/aromatic N) is 1. The average Bonchev–Trinajstić information content (AvgIpc) is 2.20. The smallest absolute Gasteiger partial charge is 0.339 e. The first-order valence-electron chi connectivity index (χ1n) is 3.57. The van der Waals surface area contributed by atoms with Gasteiger partial charge >= 0.3 is 5.97 Å². The van der Waals surface area contributed by atoms with Crippen LogP contribution in [-0.4, -0.2) is 13.1 Å². The number of methoxy groups -OCH3 is 1. The summed E-state index contributed by atoms with van der Waals surface area (Å²) in [5.41, 5.74) is -0.127. The Bertz CT molecular complexity index is 426. The van der Waals surface area contributed by atoms with Gasteiger partial charge in [-0.2, -0.15) is 5.26 Å². The molecule has 0 N–H and O–H groups in total. The zero-order chi connectivity index (χ0) is 10.7. The van der Waals surface area contributed by atoms with E-state index in [2.05, 4.69) is 4.74 Å². The van der Waals surface area contributed by atoms with Gasteiger partial charge in [0.05, 0.1) is 29.3 Å². The lowest BCUT2D eigenvalue weighted by Gasteiger charge is -2.03. The summed E-state index contributed by atoms with van der Waals surface area (Å²) >= 11 is 5.51. The molecular weight excluding hydrogens is 209 g/mol. The van der Waals surface area contributed by atoms with Crippen LogP contribution in [0.4, 0.5) is 4.39 Å². The van der Waals surface area contributed by atoms with Crippen molar-refractivity contribution in [3.05, 3.63) is 34.1 Å². The normalized spacial score (nSPS) is 9.29. The van der Waals surface area contributed by atoms with Crippen molar-refractivity contribution in [3.8, 4) is 6.07 Å². The first-order chi connectivity index (χ1) is 6.60. The second-order valence-electron chi connectivity index (χ2n) is 2.42. The topological polar surface area (TPSA) is 50.1 Å². The van der Waals surface area contributed by atoms with E-state index in [0.717, 1.165) is 13.2 Å². The predicted octanol–water partition coefficient (Wildman–Crippen LogP) is 2.14. The monoisotopic (exact) mass is 213 g/mol. The van der Waals surface area contributed by atoms with E-state index < -0.39 is 11.8 Å². The fourth-order valence-electron chi connectivity index (χ4n) is 0.912. The highest BCUT2D eigenvalue weighted by molar-refractivity contribution is 6.33. The maximum Gasteiger partial charge on any atom is 0.339 e. The molecule has 0 aromatic heterocycles. The van der Waals surface area contributed by atoms with E-state index in [9.17, 15) is 9.18 Å². The van der Waals surface area contributed by atoms with Crippen molar-refractivity contribution in [2.45, 2.75) is 0 Å². The van der Waals surface area contributed by atoms with Gasteiger partial charge < -0.3 is 4.74 Å². The molecule has 0 atom stereocenters. The largest absolute Gasteiger partial charge is 0.465 e. The van der Waals surface area contributed by atoms with Crippen molar-refractivity contribution in [1.29, 1.82) is 5.26 Å². The van der Waals surface area contributed by atoms with Crippen LogP contribution in [0, 0.1) is 17.1 Å². The molecule has 0 fully saturated rings. The third-order valence-electron chi connectivity index (χ3n) is 1.56. The average molecular weight is 214 g/mol. The van der Waals surface area contributed by atoms with Gasteiger partial charge in [-0.15, -0.1) is 0 Å². The zero-order valence-corrected chi connectivity index (χ0v) is 7.93. The van der Waals surface area contributed by atoms with Crippen LogP contribution in [0.25, 0.3) is 0 Å². The minimum absolute atomic E-state index is 0.0206. The second-order valence-corrected chi connectivity index (χ2v) is 2.80. The lowest BCUT2D eigenvalue weighted by Crippen LogP contribution is -2.04. The summed E-state index contributed by atoms with van der Waals surface area (Å²) < 4.78 is 17.4. The van der Waals surface area contributed by atoms with Crippen LogP contribution in [-0.2, 0) is 4.74 Å². The van der Waals surface area contributed by atoms with Crippen LogP contribution >= 0.6 is 11.6 Å². The number of rotatable bonds is 1. The minimum Gasteiger partial charge on any atom is -0.465 e. The van der Waals surface area contributed by atoms with E-state index >= 15 is 0 Å². The van der Waals surface area contributed by atoms with E-state index in [1.54, 1.807) is 6.07 Å². The molecule has 5 heteroatoms. The quantitative estimate of drug-likeness (QED) is 0.672. The van der Waals surface area contributed by atoms with Crippen LogP contribution in [0.3, 0.4) is 0 Å². The van der Waals surface area contributed by atoms with Crippen molar-refractivity contribution in [2.75, 3.05) is 7.11 Å². The van der Waals surface area contributed by atoms with Crippen molar-refractivity contribution in [2.24, 2.45) is 0 Å². The van der Waals surface area contributed by atoms with Gasteiger partial charge in [-0.25, -0.2) is 9.18 Å². The standard InChI is InChI=1S/C9H5ClFNO2/c1-14-9(13)6-2-5(4-12)3-7(11)8(6)10/h2-3H,1H3. The van der Waals surface area contributed by atoms with Crippen molar-refractivity contribution >= 4 is 17.6 Å². The second kappa shape index (κ2) is 4.07. The molecule has 1 aromatic carbocycles. The molecule has 1 aromatic rings. The maximum absolute atomic E-state index is 13.0. The molecule has 0 heterocycles. The molecule has 0 saturated heterocycles. The number of benzene rings is 1. The number of halogens is 2. The molecular formula is C9H5ClFNO2. The lowest BCUT2D eigenvalue weighted by molar-refractivity contribution is 0.0600. The van der Waals surface area contributed by atoms with Gasteiger partial charge in [-0.3, -0.25) is 0 Å². The summed E-state index contributed by atoms with van der Waals surface area (Å²) in [5, 5.41) is 8.18. The number of hydrogen-bond donors (Lipinski definition) is 0. The summed E-state index contributed by atoms with van der Waals surface area (Å²) in [7, 11) is 1.15. The lowest BCUT2D eigenvalue weighted by atomic mass is 10.1. The third-order valence-corrected chi connectivity index (χ3v) is 1.95. The van der Waals surface area contributed by atoms with Gasteiger partial charge in [0.2, 0.25) is 0 Å². The molecule has 0 bridgehead atoms. The summed E-state index contributed by atoms with van der Waals surface area (Å²) in [5.74, 6) is -1.59. The summed E-state index contributed by atoms with van der Waals surface area (Å²) in [6, 6.07) is 3.84. The van der Waals surface area contributed by atoms with Crippen LogP contribution in [0.2, 0.25) is 5.02 Å². The van der Waals surface area contributed by atoms with Gasteiger partial charge in [0.25, 0.3) is 0 Å². The number of hydrogen-bond acceptors (Lipinski definition) is 3. The molecule has 0 amide bonds. The first kappa shape index (κ1) is 10.5. The number of carbonyl (C=O) groups is 1. The fourth-order valence-corrected chi connectivity index (χ4v) is 1.10. The number of esters is 1. The van der Waals surface area contributed by atoms with Gasteiger partial charge in [-0.1, -0.05) is 11.6 Å². The Morgan fingerprint density at radius 1 is 1.64 bits per heavy atom. The van der Waals surface area contributed by atoms with Crippen molar-refractivity contribution < 1.29 is 13.9 Å². The molecule has 72 valence electrons. The number of nitriles is 1. The van der Waals surface area contributed by atoms with Crippen molar-refractivity contribution in [1.82, 2.24) is 0 Å². The fraction of sp³-hybridized carbons (Fsp3) is 0.111. The molecule has 0 radical (unpaired) electrons. The highest BCUT2D eigenvalue weighted by Crippen LogP contribution is 2.22. The number of ether oxygens (including phenoxy) is 1. The molecule has 0 spiro atoms. The van der Waals surface area contributed by atoms with Gasteiger partial charge in [-0.05, 0) is 12.1 Å². The maximum atomic E-state index is 13.0. The van der Waals surface area contributed by atoms with E-state index in [1.165, 1.54) is 6.07 Å². The van der Waals surface area contributed by atoms with Crippen LogP contribution < -0.4 is 0 Å². The van der Waals surface area contributed by atoms with E-state index in [1.807, 2.05) is 0 Å². The Morgan fingerprint density at radius 3 is 2.79 bits per heavy atom. The Balaban J connectivity index is 3.36. The van der Waals surface area contributed by atoms with Crippen molar-refractivity contribution in [3.63, 3.8) is 0 Å². The van der Waals surface area contributed by atoms with E-state index in [0.29, 0.717) is 0 Å². The Morgan fingerprint density at radius 2 is 2.29 bits per heavy atom. The molecule has 0 unspecified atom stereocenters. The molecule has 0 saturated carbocycles. The molecule has 0 aliphatic heterocycles. The Hall–Kier alpha value is -1.60. The number of carbonyl (C=O) groups excluding carboxylic acids is 1. The van der Waals surface area contributed by atoms with Gasteiger partial charge in [0.15, 0.2) is 0 Å². The summed E-state index contributed by atoms with van der Waals surface area (Å²) in [6.07, 6.45) is 0. The van der Waals surface area contributed by atoms with Crippen LogP contribution in [0.15, 0.2) is 12.1 Å². The predicted molar refractivity (Wildman–Crippen MR) is 47.5 cm³/mol. The highest BCUT2D eigenvalue weighted by Gasteiger charge is 2.15.